The number of rotatable bonds is 4. The zero-order chi connectivity index (χ0) is 12.3. The minimum absolute atomic E-state index is 0.381. The van der Waals surface area contributed by atoms with E-state index >= 15 is 0 Å². The maximum Gasteiger partial charge on any atom is 0.142 e. The van der Waals surface area contributed by atoms with Crippen molar-refractivity contribution < 1.29 is 4.74 Å². The van der Waals surface area contributed by atoms with E-state index in [4.69, 9.17) is 27.9 Å². The number of aryl methyl sites for hydroxylation is 1. The maximum atomic E-state index is 6.08. The van der Waals surface area contributed by atoms with Crippen LogP contribution in [0.4, 0.5) is 0 Å². The largest absolute Gasteiger partial charge is 0.485 e. The van der Waals surface area contributed by atoms with Crippen molar-refractivity contribution in [2.45, 2.75) is 19.4 Å². The van der Waals surface area contributed by atoms with Crippen molar-refractivity contribution in [1.29, 1.82) is 0 Å². The minimum atomic E-state index is 0.381. The van der Waals surface area contributed by atoms with E-state index in [2.05, 4.69) is 4.98 Å². The van der Waals surface area contributed by atoms with E-state index in [-0.39, 0.29) is 0 Å². The van der Waals surface area contributed by atoms with Crippen LogP contribution >= 0.6 is 34.5 Å². The third-order valence-electron chi connectivity index (χ3n) is 2.22. The molecule has 0 saturated heterocycles. The monoisotopic (exact) mass is 287 g/mol. The van der Waals surface area contributed by atoms with Gasteiger partial charge >= 0.3 is 0 Å². The van der Waals surface area contributed by atoms with Crippen LogP contribution in [0.2, 0.25) is 5.02 Å². The third kappa shape index (κ3) is 3.12. The first-order valence-electron chi connectivity index (χ1n) is 5.08. The fourth-order valence-corrected chi connectivity index (χ4v) is 2.50. The number of nitrogens with zero attached hydrogens (tertiary/aromatic N) is 1. The van der Waals surface area contributed by atoms with Gasteiger partial charge in [0.05, 0.1) is 21.6 Å². The van der Waals surface area contributed by atoms with E-state index in [1.165, 1.54) is 0 Å². The third-order valence-corrected chi connectivity index (χ3v) is 3.63. The van der Waals surface area contributed by atoms with E-state index in [0.29, 0.717) is 23.3 Å². The lowest BCUT2D eigenvalue weighted by Gasteiger charge is -2.10. The number of hydrogen-bond acceptors (Lipinski definition) is 3. The average molecular weight is 288 g/mol. The summed E-state index contributed by atoms with van der Waals surface area (Å²) in [6.45, 7) is 2.38. The van der Waals surface area contributed by atoms with E-state index in [9.17, 15) is 0 Å². The van der Waals surface area contributed by atoms with Gasteiger partial charge in [0.15, 0.2) is 0 Å². The summed E-state index contributed by atoms with van der Waals surface area (Å²) in [5.41, 5.74) is 1.80. The number of hydrogen-bond donors (Lipinski definition) is 0. The van der Waals surface area contributed by atoms with Crippen LogP contribution in [-0.2, 0) is 12.5 Å². The number of benzene rings is 1. The first-order valence-corrected chi connectivity index (χ1v) is 6.87. The first-order chi connectivity index (χ1) is 8.20. The second-order valence-electron chi connectivity index (χ2n) is 3.51. The van der Waals surface area contributed by atoms with Gasteiger partial charge in [-0.2, -0.15) is 0 Å². The lowest BCUT2D eigenvalue weighted by Crippen LogP contribution is -1.99. The molecule has 0 bridgehead atoms. The molecule has 0 aliphatic rings. The molecule has 0 aliphatic heterocycles. The maximum absolute atomic E-state index is 6.08. The molecule has 2 aromatic rings. The molecule has 0 fully saturated rings. The van der Waals surface area contributed by atoms with Crippen LogP contribution < -0.4 is 4.74 Å². The van der Waals surface area contributed by atoms with Gasteiger partial charge in [0.2, 0.25) is 0 Å². The highest BCUT2D eigenvalue weighted by Gasteiger charge is 2.08. The first kappa shape index (κ1) is 12.7. The number of aromatic nitrogens is 1. The smallest absolute Gasteiger partial charge is 0.142 e. The van der Waals surface area contributed by atoms with Crippen molar-refractivity contribution in [1.82, 2.24) is 4.98 Å². The van der Waals surface area contributed by atoms with Crippen LogP contribution in [0, 0.1) is 6.92 Å². The molecular weight excluding hydrogens is 277 g/mol. The fraction of sp³-hybridized carbons (Fsp3) is 0.250. The van der Waals surface area contributed by atoms with Gasteiger partial charge in [-0.15, -0.1) is 22.9 Å². The molecule has 1 aromatic heterocycles. The summed E-state index contributed by atoms with van der Waals surface area (Å²) >= 11 is 13.5. The van der Waals surface area contributed by atoms with E-state index in [1.807, 2.05) is 24.4 Å². The van der Waals surface area contributed by atoms with Gasteiger partial charge < -0.3 is 4.74 Å². The van der Waals surface area contributed by atoms with E-state index in [1.54, 1.807) is 17.4 Å². The van der Waals surface area contributed by atoms with Gasteiger partial charge in [0, 0.05) is 10.9 Å². The van der Waals surface area contributed by atoms with Gasteiger partial charge in [-0.25, -0.2) is 4.98 Å². The Balaban J connectivity index is 2.13. The summed E-state index contributed by atoms with van der Waals surface area (Å²) in [7, 11) is 0. The molecule has 1 aromatic carbocycles. The van der Waals surface area contributed by atoms with Gasteiger partial charge in [0.1, 0.15) is 12.4 Å². The molecule has 0 atom stereocenters. The Morgan fingerprint density at radius 1 is 1.41 bits per heavy atom. The van der Waals surface area contributed by atoms with Crippen molar-refractivity contribution in [2.75, 3.05) is 0 Å². The van der Waals surface area contributed by atoms with Gasteiger partial charge in [0.25, 0.3) is 0 Å². The van der Waals surface area contributed by atoms with E-state index in [0.717, 1.165) is 16.3 Å². The zero-order valence-corrected chi connectivity index (χ0v) is 11.6. The van der Waals surface area contributed by atoms with Crippen LogP contribution in [0.3, 0.4) is 0 Å². The second-order valence-corrected chi connectivity index (χ2v) is 5.24. The molecule has 90 valence electrons. The molecule has 2 nitrogen and oxygen atoms in total. The zero-order valence-electron chi connectivity index (χ0n) is 9.24. The lowest BCUT2D eigenvalue weighted by molar-refractivity contribution is 0.300. The molecule has 0 aliphatic carbocycles. The van der Waals surface area contributed by atoms with Crippen LogP contribution in [0.15, 0.2) is 23.6 Å². The van der Waals surface area contributed by atoms with Crippen molar-refractivity contribution in [3.63, 3.8) is 0 Å². The number of halogens is 2. The Morgan fingerprint density at radius 2 is 2.24 bits per heavy atom. The summed E-state index contributed by atoms with van der Waals surface area (Å²) in [4.78, 5) is 4.33. The predicted octanol–water partition coefficient (Wildman–Crippen LogP) is 4.42. The molecule has 1 heterocycles. The van der Waals surface area contributed by atoms with Gasteiger partial charge in [-0.05, 0) is 13.0 Å². The lowest BCUT2D eigenvalue weighted by atomic mass is 10.2. The number of alkyl halides is 1. The molecule has 0 spiro atoms. The Kier molecular flexibility index (Phi) is 4.26. The van der Waals surface area contributed by atoms with Crippen LogP contribution in [0.5, 0.6) is 5.75 Å². The normalized spacial score (nSPS) is 10.5. The summed E-state index contributed by atoms with van der Waals surface area (Å²) in [5, 5.41) is 3.59. The molecule has 0 unspecified atom stereocenters. The summed E-state index contributed by atoms with van der Waals surface area (Å²) in [6.07, 6.45) is 0. The Labute approximate surface area is 114 Å². The molecule has 0 amide bonds. The molecule has 5 heteroatoms. The Bertz CT molecular complexity index is 513. The Morgan fingerprint density at radius 3 is 2.88 bits per heavy atom. The molecule has 0 N–H and O–H groups in total. The number of para-hydroxylation sites is 1. The quantitative estimate of drug-likeness (QED) is 0.777. The van der Waals surface area contributed by atoms with Crippen LogP contribution in [0.1, 0.15) is 16.3 Å². The number of thiazole rings is 1. The van der Waals surface area contributed by atoms with Crippen molar-refractivity contribution in [3.05, 3.63) is 44.9 Å². The molecule has 0 radical (unpaired) electrons. The minimum Gasteiger partial charge on any atom is -0.485 e. The molecule has 2 rings (SSSR count). The summed E-state index contributed by atoms with van der Waals surface area (Å²) in [6, 6.07) is 5.56. The van der Waals surface area contributed by atoms with Gasteiger partial charge in [-0.3, -0.25) is 0 Å². The topological polar surface area (TPSA) is 22.1 Å². The van der Waals surface area contributed by atoms with E-state index < -0.39 is 0 Å². The highest BCUT2D eigenvalue weighted by atomic mass is 35.5. The van der Waals surface area contributed by atoms with Crippen LogP contribution in [0.25, 0.3) is 0 Å². The molecule has 0 saturated carbocycles. The summed E-state index contributed by atoms with van der Waals surface area (Å²) in [5.74, 6) is 1.03. The fourth-order valence-electron chi connectivity index (χ4n) is 1.44. The van der Waals surface area contributed by atoms with Crippen molar-refractivity contribution in [3.8, 4) is 5.75 Å². The SMILES string of the molecule is Cc1nc(COc2c(Cl)cccc2CCl)cs1. The van der Waals surface area contributed by atoms with Crippen LogP contribution in [-0.4, -0.2) is 4.98 Å². The highest BCUT2D eigenvalue weighted by molar-refractivity contribution is 7.09. The molecule has 17 heavy (non-hydrogen) atoms. The highest BCUT2D eigenvalue weighted by Crippen LogP contribution is 2.30. The summed E-state index contributed by atoms with van der Waals surface area (Å²) < 4.78 is 5.69. The second kappa shape index (κ2) is 5.71. The number of ether oxygens (including phenoxy) is 1. The molecular formula is C12H11Cl2NOS. The standard InChI is InChI=1S/C12H11Cl2NOS/c1-8-15-10(7-17-8)6-16-12-9(5-13)3-2-4-11(12)14/h2-4,7H,5-6H2,1H3. The average Bonchev–Trinajstić information content (AvgIpc) is 2.73. The predicted molar refractivity (Wildman–Crippen MR) is 72.2 cm³/mol. The van der Waals surface area contributed by atoms with Crippen molar-refractivity contribution >= 4 is 34.5 Å². The van der Waals surface area contributed by atoms with Gasteiger partial charge in [-0.1, -0.05) is 23.7 Å². The Hall–Kier alpha value is -0.770. The van der Waals surface area contributed by atoms with Crippen molar-refractivity contribution in [2.24, 2.45) is 0 Å².